The van der Waals surface area contributed by atoms with Crippen LogP contribution < -0.4 is 5.32 Å². The molecule has 1 atom stereocenters. The van der Waals surface area contributed by atoms with E-state index in [0.717, 1.165) is 11.3 Å². The van der Waals surface area contributed by atoms with Gasteiger partial charge in [-0.15, -0.1) is 0 Å². The normalized spacial score (nSPS) is 17.8. The number of hydrogen-bond acceptors (Lipinski definition) is 2. The fourth-order valence-electron chi connectivity index (χ4n) is 2.87. The van der Waals surface area contributed by atoms with Gasteiger partial charge in [-0.05, 0) is 35.4 Å². The molecular weight excluding hydrogens is 292 g/mol. The van der Waals surface area contributed by atoms with Gasteiger partial charge in [-0.1, -0.05) is 39.8 Å². The second-order valence-corrected chi connectivity index (χ2v) is 6.86. The van der Waals surface area contributed by atoms with Gasteiger partial charge < -0.3 is 15.3 Å². The third kappa shape index (κ3) is 4.03. The van der Waals surface area contributed by atoms with E-state index in [1.165, 1.54) is 5.56 Å². The molecule has 1 heterocycles. The number of carboxylic acid groups (broad SMARTS) is 1. The third-order valence-electron chi connectivity index (χ3n) is 4.43. The number of carbonyl (C=O) groups excluding carboxylic acids is 1. The lowest BCUT2D eigenvalue weighted by Gasteiger charge is -2.21. The highest BCUT2D eigenvalue weighted by molar-refractivity contribution is 5.91. The number of anilines is 1. The van der Waals surface area contributed by atoms with Gasteiger partial charge in [0, 0.05) is 18.8 Å². The Kier molecular flexibility index (Phi) is 5.29. The van der Waals surface area contributed by atoms with Gasteiger partial charge in [-0.25, -0.2) is 4.79 Å². The summed E-state index contributed by atoms with van der Waals surface area (Å²) in [5, 5.41) is 12.0. The molecule has 1 aromatic carbocycles. The average Bonchev–Trinajstić information content (AvgIpc) is 2.97. The van der Waals surface area contributed by atoms with Crippen LogP contribution in [0.25, 0.3) is 0 Å². The lowest BCUT2D eigenvalue weighted by atomic mass is 9.94. The second-order valence-electron chi connectivity index (χ2n) is 6.86. The number of urea groups is 1. The molecule has 0 aliphatic carbocycles. The molecule has 1 saturated heterocycles. The Morgan fingerprint density at radius 3 is 2.43 bits per heavy atom. The Morgan fingerprint density at radius 1 is 1.22 bits per heavy atom. The zero-order valence-electron chi connectivity index (χ0n) is 14.3. The molecule has 0 aromatic heterocycles. The summed E-state index contributed by atoms with van der Waals surface area (Å²) in [5.74, 6) is -0.542. The van der Waals surface area contributed by atoms with E-state index in [4.69, 9.17) is 5.11 Å². The molecule has 0 bridgehead atoms. The number of carboxylic acids is 1. The van der Waals surface area contributed by atoms with Crippen LogP contribution in [0.2, 0.25) is 0 Å². The maximum absolute atomic E-state index is 12.4. The minimum absolute atomic E-state index is 0.215. The number of amides is 2. The topological polar surface area (TPSA) is 69.6 Å². The van der Waals surface area contributed by atoms with Gasteiger partial charge in [-0.2, -0.15) is 0 Å². The quantitative estimate of drug-likeness (QED) is 0.885. The van der Waals surface area contributed by atoms with Crippen molar-refractivity contribution in [2.45, 2.75) is 46.0 Å². The summed E-state index contributed by atoms with van der Waals surface area (Å²) in [6, 6.07) is 5.92. The first-order valence-electron chi connectivity index (χ1n) is 8.22. The largest absolute Gasteiger partial charge is 0.481 e. The number of nitrogens with one attached hydrogen (secondary N) is 1. The molecule has 5 heteroatoms. The van der Waals surface area contributed by atoms with E-state index in [1.54, 1.807) is 4.90 Å². The minimum atomic E-state index is -0.829. The number of benzene rings is 1. The molecule has 0 spiro atoms. The highest BCUT2D eigenvalue weighted by Gasteiger charge is 2.31. The summed E-state index contributed by atoms with van der Waals surface area (Å²) in [6.45, 7) is 9.27. The number of aliphatic carboxylic acids is 1. The Morgan fingerprint density at radius 2 is 1.91 bits per heavy atom. The molecule has 1 aliphatic heterocycles. The van der Waals surface area contributed by atoms with E-state index < -0.39 is 11.9 Å². The number of hydrogen-bond donors (Lipinski definition) is 2. The van der Waals surface area contributed by atoms with Gasteiger partial charge >= 0.3 is 12.0 Å². The molecule has 1 fully saturated rings. The Labute approximate surface area is 137 Å². The maximum atomic E-state index is 12.4. The van der Waals surface area contributed by atoms with Gasteiger partial charge in [0.1, 0.15) is 0 Å². The van der Waals surface area contributed by atoms with E-state index in [9.17, 15) is 9.59 Å². The molecule has 2 amide bonds. The van der Waals surface area contributed by atoms with Crippen LogP contribution in [0.3, 0.4) is 0 Å². The van der Waals surface area contributed by atoms with Crippen LogP contribution in [0.15, 0.2) is 18.2 Å². The molecule has 1 aliphatic rings. The fourth-order valence-corrected chi connectivity index (χ4v) is 2.87. The van der Waals surface area contributed by atoms with Crippen molar-refractivity contribution in [3.63, 3.8) is 0 Å². The first kappa shape index (κ1) is 17.3. The Balaban J connectivity index is 2.13. The minimum Gasteiger partial charge on any atom is -0.481 e. The fraction of sp³-hybridized carbons (Fsp3) is 0.556. The van der Waals surface area contributed by atoms with Crippen LogP contribution in [0.1, 0.15) is 57.1 Å². The van der Waals surface area contributed by atoms with Crippen LogP contribution in [-0.4, -0.2) is 35.1 Å². The van der Waals surface area contributed by atoms with Crippen molar-refractivity contribution in [1.29, 1.82) is 0 Å². The smallest absolute Gasteiger partial charge is 0.321 e. The number of nitrogens with zero attached hydrogens (tertiary/aromatic N) is 1. The van der Waals surface area contributed by atoms with Crippen molar-refractivity contribution in [1.82, 2.24) is 4.90 Å². The zero-order valence-corrected chi connectivity index (χ0v) is 14.3. The Hall–Kier alpha value is -2.04. The molecular formula is C18H26N2O3. The molecule has 0 radical (unpaired) electrons. The molecule has 1 aromatic rings. The van der Waals surface area contributed by atoms with Crippen LogP contribution in [0.5, 0.6) is 0 Å². The standard InChI is InChI=1S/C18H26N2O3/c1-11(2)13-5-6-16(15(9-13)12(3)4)19-18(23)20-8-7-14(10-20)17(21)22/h5-6,9,11-12,14H,7-8,10H2,1-4H3,(H,19,23)(H,21,22). The Bertz CT molecular complexity index is 596. The first-order chi connectivity index (χ1) is 10.8. The summed E-state index contributed by atoms with van der Waals surface area (Å²) in [7, 11) is 0. The summed E-state index contributed by atoms with van der Waals surface area (Å²) in [4.78, 5) is 25.0. The molecule has 0 saturated carbocycles. The molecule has 2 rings (SSSR count). The van der Waals surface area contributed by atoms with Crippen molar-refractivity contribution in [2.24, 2.45) is 5.92 Å². The van der Waals surface area contributed by atoms with E-state index in [-0.39, 0.29) is 12.6 Å². The van der Waals surface area contributed by atoms with Crippen molar-refractivity contribution < 1.29 is 14.7 Å². The van der Waals surface area contributed by atoms with Crippen LogP contribution in [0.4, 0.5) is 10.5 Å². The van der Waals surface area contributed by atoms with E-state index in [0.29, 0.717) is 24.8 Å². The molecule has 126 valence electrons. The summed E-state index contributed by atoms with van der Waals surface area (Å²) < 4.78 is 0. The SMILES string of the molecule is CC(C)c1ccc(NC(=O)N2CCC(C(=O)O)C2)c(C(C)C)c1. The predicted molar refractivity (Wildman–Crippen MR) is 91.0 cm³/mol. The summed E-state index contributed by atoms with van der Waals surface area (Å²) >= 11 is 0. The van der Waals surface area contributed by atoms with Crippen molar-refractivity contribution in [3.05, 3.63) is 29.3 Å². The van der Waals surface area contributed by atoms with Gasteiger partial charge in [-0.3, -0.25) is 4.79 Å². The average molecular weight is 318 g/mol. The summed E-state index contributed by atoms with van der Waals surface area (Å²) in [5.41, 5.74) is 3.17. The maximum Gasteiger partial charge on any atom is 0.321 e. The predicted octanol–water partition coefficient (Wildman–Crippen LogP) is 3.87. The zero-order chi connectivity index (χ0) is 17.1. The number of carbonyl (C=O) groups is 2. The van der Waals surface area contributed by atoms with E-state index in [1.807, 2.05) is 12.1 Å². The molecule has 1 unspecified atom stereocenters. The monoisotopic (exact) mass is 318 g/mol. The van der Waals surface area contributed by atoms with Crippen molar-refractivity contribution >= 4 is 17.7 Å². The molecule has 2 N–H and O–H groups in total. The molecule has 23 heavy (non-hydrogen) atoms. The van der Waals surface area contributed by atoms with Gasteiger partial charge in [0.05, 0.1) is 5.92 Å². The van der Waals surface area contributed by atoms with Gasteiger partial charge in [0.2, 0.25) is 0 Å². The first-order valence-corrected chi connectivity index (χ1v) is 8.22. The number of rotatable bonds is 4. The van der Waals surface area contributed by atoms with Gasteiger partial charge in [0.15, 0.2) is 0 Å². The van der Waals surface area contributed by atoms with Crippen LogP contribution in [0, 0.1) is 5.92 Å². The van der Waals surface area contributed by atoms with E-state index in [2.05, 4.69) is 39.1 Å². The van der Waals surface area contributed by atoms with Crippen molar-refractivity contribution in [3.8, 4) is 0 Å². The summed E-state index contributed by atoms with van der Waals surface area (Å²) in [6.07, 6.45) is 0.520. The van der Waals surface area contributed by atoms with Gasteiger partial charge in [0.25, 0.3) is 0 Å². The number of likely N-dealkylation sites (tertiary alicyclic amines) is 1. The molecule has 5 nitrogen and oxygen atoms in total. The third-order valence-corrected chi connectivity index (χ3v) is 4.43. The second kappa shape index (κ2) is 7.02. The lowest BCUT2D eigenvalue weighted by Crippen LogP contribution is -2.34. The van der Waals surface area contributed by atoms with Crippen LogP contribution >= 0.6 is 0 Å². The highest BCUT2D eigenvalue weighted by Crippen LogP contribution is 2.29. The van der Waals surface area contributed by atoms with Crippen LogP contribution in [-0.2, 0) is 4.79 Å². The lowest BCUT2D eigenvalue weighted by molar-refractivity contribution is -0.141. The highest BCUT2D eigenvalue weighted by atomic mass is 16.4. The van der Waals surface area contributed by atoms with E-state index >= 15 is 0 Å². The van der Waals surface area contributed by atoms with Crippen molar-refractivity contribution in [2.75, 3.05) is 18.4 Å².